The number of rotatable bonds is 6. The highest BCUT2D eigenvalue weighted by Gasteiger charge is 2.19. The minimum absolute atomic E-state index is 0.893. The summed E-state index contributed by atoms with van der Waals surface area (Å²) in [6.07, 6.45) is 0. The molecular weight excluding hydrogens is 629 g/mol. The average Bonchev–Trinajstić information content (AvgIpc) is 3.74. The number of furan rings is 1. The first-order valence-corrected chi connectivity index (χ1v) is 17.7. The lowest BCUT2D eigenvalue weighted by Crippen LogP contribution is -2.10. The third kappa shape index (κ3) is 4.73. The van der Waals surface area contributed by atoms with Crippen molar-refractivity contribution in [2.75, 3.05) is 9.80 Å². The Kier molecular flexibility index (Phi) is 6.68. The SMILES string of the molecule is c1ccc(N(c2ccc3oc4ccccc4c3c2)c2ccc3sc4ccc(N(c5ccccc5)c5cccc6ccccc56)cc4c3c2)cc1. The number of hydrogen-bond acceptors (Lipinski definition) is 4. The van der Waals surface area contributed by atoms with Gasteiger partial charge in [-0.2, -0.15) is 0 Å². The molecule has 2 heterocycles. The molecule has 0 unspecified atom stereocenters. The van der Waals surface area contributed by atoms with Crippen molar-refractivity contribution in [2.45, 2.75) is 0 Å². The quantitative estimate of drug-likeness (QED) is 0.177. The summed E-state index contributed by atoms with van der Waals surface area (Å²) in [5.74, 6) is 0. The second-order valence-corrected chi connectivity index (χ2v) is 13.7. The zero-order chi connectivity index (χ0) is 33.0. The van der Waals surface area contributed by atoms with E-state index in [0.717, 1.165) is 56.1 Å². The van der Waals surface area contributed by atoms with E-state index in [1.165, 1.54) is 30.9 Å². The molecule has 0 aliphatic heterocycles. The van der Waals surface area contributed by atoms with Gasteiger partial charge in [0.2, 0.25) is 0 Å². The number of nitrogens with zero attached hydrogens (tertiary/aromatic N) is 2. The van der Waals surface area contributed by atoms with E-state index in [1.807, 2.05) is 23.5 Å². The predicted molar refractivity (Wildman–Crippen MR) is 213 cm³/mol. The summed E-state index contributed by atoms with van der Waals surface area (Å²) in [7, 11) is 0. The van der Waals surface area contributed by atoms with Crippen LogP contribution in [0.2, 0.25) is 0 Å². The van der Waals surface area contributed by atoms with E-state index in [-0.39, 0.29) is 0 Å². The van der Waals surface area contributed by atoms with Gasteiger partial charge in [-0.05, 0) is 96.4 Å². The van der Waals surface area contributed by atoms with Gasteiger partial charge in [0.1, 0.15) is 11.2 Å². The second kappa shape index (κ2) is 11.7. The molecule has 0 saturated heterocycles. The Labute approximate surface area is 293 Å². The number of para-hydroxylation sites is 3. The Hall–Kier alpha value is -6.36. The normalized spacial score (nSPS) is 11.6. The second-order valence-electron chi connectivity index (χ2n) is 12.6. The number of benzene rings is 8. The summed E-state index contributed by atoms with van der Waals surface area (Å²) < 4.78 is 8.72. The van der Waals surface area contributed by atoms with Crippen LogP contribution in [0.4, 0.5) is 34.1 Å². The first-order chi connectivity index (χ1) is 24.8. The third-order valence-corrected chi connectivity index (χ3v) is 10.8. The monoisotopic (exact) mass is 658 g/mol. The maximum absolute atomic E-state index is 6.19. The lowest BCUT2D eigenvalue weighted by atomic mass is 10.1. The fourth-order valence-electron chi connectivity index (χ4n) is 7.32. The Morgan fingerprint density at radius 3 is 1.58 bits per heavy atom. The highest BCUT2D eigenvalue weighted by atomic mass is 32.1. The number of anilines is 6. The number of thiophene rings is 1. The lowest BCUT2D eigenvalue weighted by Gasteiger charge is -2.27. The van der Waals surface area contributed by atoms with Crippen LogP contribution in [0.5, 0.6) is 0 Å². The van der Waals surface area contributed by atoms with Crippen molar-refractivity contribution < 1.29 is 4.42 Å². The van der Waals surface area contributed by atoms with E-state index in [2.05, 4.69) is 180 Å². The Bertz CT molecular complexity index is 2830. The predicted octanol–water partition coefficient (Wildman–Crippen LogP) is 14.0. The molecule has 0 amide bonds. The molecule has 10 rings (SSSR count). The Morgan fingerprint density at radius 1 is 0.340 bits per heavy atom. The lowest BCUT2D eigenvalue weighted by molar-refractivity contribution is 0.669. The first kappa shape index (κ1) is 28.6. The molecule has 2 aromatic heterocycles. The van der Waals surface area contributed by atoms with Crippen LogP contribution in [0.15, 0.2) is 186 Å². The van der Waals surface area contributed by atoms with Gasteiger partial charge < -0.3 is 14.2 Å². The van der Waals surface area contributed by atoms with Gasteiger partial charge in [-0.3, -0.25) is 0 Å². The Balaban J connectivity index is 1.16. The van der Waals surface area contributed by atoms with Crippen LogP contribution in [0.3, 0.4) is 0 Å². The van der Waals surface area contributed by atoms with E-state index in [0.29, 0.717) is 0 Å². The van der Waals surface area contributed by atoms with Crippen molar-refractivity contribution >= 4 is 98.3 Å². The van der Waals surface area contributed by atoms with E-state index < -0.39 is 0 Å². The minimum Gasteiger partial charge on any atom is -0.456 e. The van der Waals surface area contributed by atoms with Crippen molar-refractivity contribution in [2.24, 2.45) is 0 Å². The molecule has 0 fully saturated rings. The van der Waals surface area contributed by atoms with E-state index in [1.54, 1.807) is 0 Å². The molecule has 3 nitrogen and oxygen atoms in total. The minimum atomic E-state index is 0.893. The van der Waals surface area contributed by atoms with Crippen LogP contribution in [-0.4, -0.2) is 0 Å². The van der Waals surface area contributed by atoms with Crippen LogP contribution in [0.1, 0.15) is 0 Å². The molecule has 0 aliphatic carbocycles. The zero-order valence-electron chi connectivity index (χ0n) is 27.0. The number of hydrogen-bond donors (Lipinski definition) is 0. The van der Waals surface area contributed by atoms with Gasteiger partial charge in [0.15, 0.2) is 0 Å². The van der Waals surface area contributed by atoms with Crippen molar-refractivity contribution in [1.29, 1.82) is 0 Å². The van der Waals surface area contributed by atoms with Crippen LogP contribution >= 0.6 is 11.3 Å². The van der Waals surface area contributed by atoms with Crippen molar-refractivity contribution in [3.05, 3.63) is 182 Å². The summed E-state index contributed by atoms with van der Waals surface area (Å²) in [4.78, 5) is 4.73. The van der Waals surface area contributed by atoms with E-state index in [9.17, 15) is 0 Å². The fraction of sp³-hybridized carbons (Fsp3) is 0. The van der Waals surface area contributed by atoms with E-state index in [4.69, 9.17) is 4.42 Å². The number of fused-ring (bicyclic) bond motifs is 7. The largest absolute Gasteiger partial charge is 0.456 e. The van der Waals surface area contributed by atoms with E-state index >= 15 is 0 Å². The van der Waals surface area contributed by atoms with Gasteiger partial charge in [-0.1, -0.05) is 91.0 Å². The third-order valence-electron chi connectivity index (χ3n) is 9.61. The molecule has 0 aliphatic rings. The smallest absolute Gasteiger partial charge is 0.135 e. The fourth-order valence-corrected chi connectivity index (χ4v) is 8.38. The van der Waals surface area contributed by atoms with Crippen LogP contribution in [0.25, 0.3) is 52.9 Å². The van der Waals surface area contributed by atoms with Crippen molar-refractivity contribution in [1.82, 2.24) is 0 Å². The summed E-state index contributed by atoms with van der Waals surface area (Å²) in [5, 5.41) is 7.16. The van der Waals surface area contributed by atoms with Gasteiger partial charge in [0.25, 0.3) is 0 Å². The standard InChI is InChI=1S/C46H30N2OS/c1-3-14-32(15-4-1)47(34-22-25-44-39(28-34)38-19-9-10-21-43(38)49-44)35-23-26-45-40(29-35)41-30-36(24-27-46(41)50-45)48(33-16-5-2-6-17-33)42-20-11-13-31-12-7-8-18-37(31)42/h1-30H. The zero-order valence-corrected chi connectivity index (χ0v) is 27.8. The molecule has 236 valence electrons. The molecule has 10 aromatic rings. The maximum Gasteiger partial charge on any atom is 0.135 e. The molecule has 50 heavy (non-hydrogen) atoms. The summed E-state index contributed by atoms with van der Waals surface area (Å²) in [6, 6.07) is 65.0. The van der Waals surface area contributed by atoms with Gasteiger partial charge in [0, 0.05) is 64.8 Å². The topological polar surface area (TPSA) is 19.6 Å². The molecule has 4 heteroatoms. The molecule has 0 spiro atoms. The van der Waals surface area contributed by atoms with Gasteiger partial charge in [-0.15, -0.1) is 11.3 Å². The highest BCUT2D eigenvalue weighted by molar-refractivity contribution is 7.25. The molecule has 0 N–H and O–H groups in total. The summed E-state index contributed by atoms with van der Waals surface area (Å²) >= 11 is 1.84. The van der Waals surface area contributed by atoms with Crippen LogP contribution in [0, 0.1) is 0 Å². The molecular formula is C46H30N2OS. The van der Waals surface area contributed by atoms with Crippen molar-refractivity contribution in [3.8, 4) is 0 Å². The molecule has 8 aromatic carbocycles. The van der Waals surface area contributed by atoms with Gasteiger partial charge >= 0.3 is 0 Å². The van der Waals surface area contributed by atoms with Crippen LogP contribution < -0.4 is 9.80 Å². The summed E-state index contributed by atoms with van der Waals surface area (Å²) in [6.45, 7) is 0. The van der Waals surface area contributed by atoms with Gasteiger partial charge in [-0.25, -0.2) is 0 Å². The highest BCUT2D eigenvalue weighted by Crippen LogP contribution is 2.45. The molecule has 0 radical (unpaired) electrons. The first-order valence-electron chi connectivity index (χ1n) is 16.8. The molecule has 0 saturated carbocycles. The molecule has 0 bridgehead atoms. The molecule has 0 atom stereocenters. The van der Waals surface area contributed by atoms with Crippen LogP contribution in [-0.2, 0) is 0 Å². The van der Waals surface area contributed by atoms with Gasteiger partial charge in [0.05, 0.1) is 5.69 Å². The summed E-state index contributed by atoms with van der Waals surface area (Å²) in [5.41, 5.74) is 8.50. The maximum atomic E-state index is 6.19. The Morgan fingerprint density at radius 2 is 0.860 bits per heavy atom. The average molecular weight is 659 g/mol. The van der Waals surface area contributed by atoms with Crippen molar-refractivity contribution in [3.63, 3.8) is 0 Å².